The third-order valence-corrected chi connectivity index (χ3v) is 6.02. The molecule has 3 unspecified atom stereocenters. The lowest BCUT2D eigenvalue weighted by atomic mass is 9.98. The first-order valence-corrected chi connectivity index (χ1v) is 13.3. The van der Waals surface area contributed by atoms with Crippen LogP contribution in [0, 0.1) is 5.92 Å². The van der Waals surface area contributed by atoms with Crippen LogP contribution in [0.15, 0.2) is 0 Å². The molecule has 0 saturated heterocycles. The summed E-state index contributed by atoms with van der Waals surface area (Å²) < 4.78 is 5.09. The number of carboxylic acids is 1. The van der Waals surface area contributed by atoms with Crippen LogP contribution in [-0.2, 0) is 33.5 Å². The second-order valence-electron chi connectivity index (χ2n) is 10.0. The van der Waals surface area contributed by atoms with Crippen molar-refractivity contribution in [2.45, 2.75) is 103 Å². The maximum absolute atomic E-state index is 12.6. The SMILES string of the molecule is CCCC(=O)N[C@@H](C(C)=O)[C@@H](OC(=O)NC(C)C(=O)NC(CCC(=O)NC(C(=O)O)C(C)C)C(N)=O)[C@H](O)[C@H](O)CO. The molecule has 0 aliphatic carbocycles. The van der Waals surface area contributed by atoms with E-state index in [-0.39, 0.29) is 19.3 Å². The number of nitrogens with two attached hydrogens (primary N) is 1. The van der Waals surface area contributed by atoms with E-state index >= 15 is 0 Å². The molecule has 0 aromatic carbocycles. The molecule has 10 N–H and O–H groups in total. The summed E-state index contributed by atoms with van der Waals surface area (Å²) in [5.74, 6) is -5.69. The van der Waals surface area contributed by atoms with Gasteiger partial charge in [0.1, 0.15) is 36.4 Å². The van der Waals surface area contributed by atoms with E-state index in [2.05, 4.69) is 21.3 Å². The summed E-state index contributed by atoms with van der Waals surface area (Å²) in [7, 11) is 0. The zero-order valence-electron chi connectivity index (χ0n) is 24.3. The average molecular weight is 606 g/mol. The van der Waals surface area contributed by atoms with Crippen LogP contribution in [0.1, 0.15) is 60.3 Å². The van der Waals surface area contributed by atoms with Gasteiger partial charge < -0.3 is 52.2 Å². The maximum Gasteiger partial charge on any atom is 0.408 e. The number of carbonyl (C=O) groups excluding carboxylic acids is 6. The van der Waals surface area contributed by atoms with Gasteiger partial charge in [-0.05, 0) is 32.6 Å². The first-order valence-electron chi connectivity index (χ1n) is 13.3. The summed E-state index contributed by atoms with van der Waals surface area (Å²) in [6.07, 6.45) is -7.38. The van der Waals surface area contributed by atoms with Crippen LogP contribution < -0.4 is 27.0 Å². The van der Waals surface area contributed by atoms with Crippen LogP contribution in [0.4, 0.5) is 4.79 Å². The van der Waals surface area contributed by atoms with Crippen molar-refractivity contribution in [3.8, 4) is 0 Å². The van der Waals surface area contributed by atoms with Crippen LogP contribution in [0.2, 0.25) is 0 Å². The van der Waals surface area contributed by atoms with E-state index in [1.165, 1.54) is 6.92 Å². The van der Waals surface area contributed by atoms with Crippen molar-refractivity contribution in [1.29, 1.82) is 0 Å². The fourth-order valence-corrected chi connectivity index (χ4v) is 3.57. The average Bonchev–Trinajstić information content (AvgIpc) is 2.89. The maximum atomic E-state index is 12.6. The van der Waals surface area contributed by atoms with Gasteiger partial charge in [-0.2, -0.15) is 0 Å². The molecule has 0 aromatic heterocycles. The molecule has 0 aliphatic rings. The predicted octanol–water partition coefficient (Wildman–Crippen LogP) is -2.97. The van der Waals surface area contributed by atoms with E-state index in [1.54, 1.807) is 20.8 Å². The van der Waals surface area contributed by atoms with Crippen molar-refractivity contribution in [3.63, 3.8) is 0 Å². The zero-order chi connectivity index (χ0) is 32.7. The number of aliphatic carboxylic acids is 1. The minimum atomic E-state index is -2.03. The van der Waals surface area contributed by atoms with Crippen molar-refractivity contribution < 1.29 is 58.7 Å². The van der Waals surface area contributed by atoms with Crippen LogP contribution in [0.25, 0.3) is 0 Å². The molecule has 17 heteroatoms. The number of carboxylic acid groups (broad SMARTS) is 1. The minimum Gasteiger partial charge on any atom is -0.480 e. The first-order chi connectivity index (χ1) is 19.5. The fraction of sp³-hybridized carbons (Fsp3) is 0.720. The van der Waals surface area contributed by atoms with Crippen molar-refractivity contribution >= 4 is 41.5 Å². The Morgan fingerprint density at radius 1 is 0.857 bits per heavy atom. The van der Waals surface area contributed by atoms with Crippen molar-refractivity contribution in [2.75, 3.05) is 6.61 Å². The number of hydrogen-bond donors (Lipinski definition) is 9. The number of nitrogens with one attached hydrogen (secondary N) is 4. The Labute approximate surface area is 242 Å². The molecular formula is C25H43N5O12. The Bertz CT molecular complexity index is 975. The van der Waals surface area contributed by atoms with E-state index in [4.69, 9.17) is 10.5 Å². The number of primary amides is 1. The summed E-state index contributed by atoms with van der Waals surface area (Å²) in [6.45, 7) is 6.11. The van der Waals surface area contributed by atoms with Crippen LogP contribution in [-0.4, -0.2) is 111 Å². The van der Waals surface area contributed by atoms with Gasteiger partial charge in [0.2, 0.25) is 23.6 Å². The summed E-state index contributed by atoms with van der Waals surface area (Å²) >= 11 is 0. The third kappa shape index (κ3) is 13.2. The lowest BCUT2D eigenvalue weighted by Crippen LogP contribution is -2.59. The molecule has 17 nitrogen and oxygen atoms in total. The molecular weight excluding hydrogens is 562 g/mol. The van der Waals surface area contributed by atoms with Gasteiger partial charge in [0.05, 0.1) is 6.61 Å². The van der Waals surface area contributed by atoms with E-state index in [0.29, 0.717) is 6.42 Å². The normalized spacial score (nSPS) is 16.0. The molecule has 0 radical (unpaired) electrons. The molecule has 0 aliphatic heterocycles. The topological polar surface area (TPSA) is 284 Å². The van der Waals surface area contributed by atoms with Crippen LogP contribution in [0.5, 0.6) is 0 Å². The summed E-state index contributed by atoms with van der Waals surface area (Å²) in [5.41, 5.74) is 5.30. The lowest BCUT2D eigenvalue weighted by molar-refractivity contribution is -0.143. The molecule has 42 heavy (non-hydrogen) atoms. The first kappa shape index (κ1) is 38.2. The minimum absolute atomic E-state index is 0.000886. The van der Waals surface area contributed by atoms with Gasteiger partial charge in [-0.3, -0.25) is 24.0 Å². The summed E-state index contributed by atoms with van der Waals surface area (Å²) in [6, 6.07) is -5.57. The molecule has 240 valence electrons. The number of Topliss-reactive ketones (excluding diaryl/α,β-unsaturated/α-hetero) is 1. The highest BCUT2D eigenvalue weighted by Crippen LogP contribution is 2.13. The number of aliphatic hydroxyl groups is 3. The van der Waals surface area contributed by atoms with E-state index in [0.717, 1.165) is 6.92 Å². The van der Waals surface area contributed by atoms with Gasteiger partial charge in [-0.15, -0.1) is 0 Å². The Balaban J connectivity index is 5.45. The van der Waals surface area contributed by atoms with E-state index < -0.39 is 96.5 Å². The molecule has 0 heterocycles. The smallest absolute Gasteiger partial charge is 0.408 e. The number of aliphatic hydroxyl groups excluding tert-OH is 3. The van der Waals surface area contributed by atoms with Crippen molar-refractivity contribution in [3.05, 3.63) is 0 Å². The standard InChI is InChI=1S/C25H43N5O12/c1-6-7-16(34)30-19(13(5)32)21(20(36)15(33)10-31)42-25(41)27-12(4)23(38)28-14(22(26)37)8-9-17(35)29-18(11(2)3)24(39)40/h11-12,14-15,18-21,31,33,36H,6-10H2,1-5H3,(H2,26,37)(H,27,41)(H,28,38)(H,29,35)(H,30,34)(H,39,40)/t12?,14?,15-,18?,19+,20-,21-/m1/s1. The monoisotopic (exact) mass is 605 g/mol. The Morgan fingerprint density at radius 3 is 1.86 bits per heavy atom. The summed E-state index contributed by atoms with van der Waals surface area (Å²) in [4.78, 5) is 84.8. The number of ketones is 1. The number of ether oxygens (including phenoxy) is 1. The third-order valence-electron chi connectivity index (χ3n) is 6.02. The fourth-order valence-electron chi connectivity index (χ4n) is 3.57. The highest BCUT2D eigenvalue weighted by atomic mass is 16.6. The molecule has 0 saturated carbocycles. The summed E-state index contributed by atoms with van der Waals surface area (Å²) in [5, 5.41) is 47.7. The molecule has 0 aromatic rings. The number of hydrogen-bond acceptors (Lipinski definition) is 11. The Kier molecular flexibility index (Phi) is 16.9. The van der Waals surface area contributed by atoms with Crippen molar-refractivity contribution in [2.24, 2.45) is 11.7 Å². The highest BCUT2D eigenvalue weighted by molar-refractivity contribution is 5.91. The van der Waals surface area contributed by atoms with Gasteiger partial charge >= 0.3 is 12.1 Å². The zero-order valence-corrected chi connectivity index (χ0v) is 24.3. The van der Waals surface area contributed by atoms with Gasteiger partial charge in [0.25, 0.3) is 0 Å². The number of alkyl carbamates (subject to hydrolysis) is 1. The molecule has 0 rings (SSSR count). The van der Waals surface area contributed by atoms with Crippen molar-refractivity contribution in [1.82, 2.24) is 21.3 Å². The lowest BCUT2D eigenvalue weighted by Gasteiger charge is -2.32. The van der Waals surface area contributed by atoms with Gasteiger partial charge in [-0.25, -0.2) is 9.59 Å². The molecule has 5 amide bonds. The highest BCUT2D eigenvalue weighted by Gasteiger charge is 2.39. The van der Waals surface area contributed by atoms with Crippen LogP contribution in [0.3, 0.4) is 0 Å². The van der Waals surface area contributed by atoms with Crippen LogP contribution >= 0.6 is 0 Å². The van der Waals surface area contributed by atoms with E-state index in [1.807, 2.05) is 0 Å². The molecule has 0 spiro atoms. The number of amides is 5. The Hall–Kier alpha value is -3.83. The second-order valence-corrected chi connectivity index (χ2v) is 10.0. The quantitative estimate of drug-likeness (QED) is 0.0714. The van der Waals surface area contributed by atoms with Gasteiger partial charge in [0.15, 0.2) is 11.9 Å². The van der Waals surface area contributed by atoms with E-state index in [9.17, 15) is 54.0 Å². The predicted molar refractivity (Wildman–Crippen MR) is 144 cm³/mol. The largest absolute Gasteiger partial charge is 0.480 e. The molecule has 0 bridgehead atoms. The number of rotatable bonds is 19. The second kappa shape index (κ2) is 18.6. The number of carbonyl (C=O) groups is 7. The van der Waals surface area contributed by atoms with Gasteiger partial charge in [-0.1, -0.05) is 20.8 Å². The molecule has 0 fully saturated rings. The van der Waals surface area contributed by atoms with Gasteiger partial charge in [0, 0.05) is 12.8 Å². The molecule has 7 atom stereocenters. The Morgan fingerprint density at radius 2 is 1.40 bits per heavy atom.